The number of likely N-dealkylation sites (N-methyl/N-ethyl adjacent to an activating group) is 1. The maximum Gasteiger partial charge on any atom is 0.283 e. The molecule has 0 bridgehead atoms. The molecule has 1 fully saturated rings. The molecule has 5 heteroatoms. The molecule has 1 aromatic rings. The Balaban J connectivity index is 2.43. The highest BCUT2D eigenvalue weighted by Crippen LogP contribution is 2.21. The van der Waals surface area contributed by atoms with E-state index in [1.165, 1.54) is 17.1 Å². The number of carbonyl (C=O) groups excluding carboxylic acids is 2. The first-order valence-corrected chi connectivity index (χ1v) is 4.35. The molecule has 1 aromatic heterocycles. The highest BCUT2D eigenvalue weighted by Gasteiger charge is 2.38. The number of rotatable bonds is 1. The summed E-state index contributed by atoms with van der Waals surface area (Å²) < 4.78 is 0. The predicted octanol–water partition coefficient (Wildman–Crippen LogP) is 0.358. The smallest absolute Gasteiger partial charge is 0.267 e. The van der Waals surface area contributed by atoms with Crippen molar-refractivity contribution in [2.45, 2.75) is 0 Å². The molecule has 15 heavy (non-hydrogen) atoms. The van der Waals surface area contributed by atoms with E-state index in [1.54, 1.807) is 24.4 Å². The lowest BCUT2D eigenvalue weighted by atomic mass is 10.3. The molecule has 0 saturated carbocycles. The molecule has 2 amide bonds. The Morgan fingerprint density at radius 2 is 2.00 bits per heavy atom. The number of amides is 2. The van der Waals surface area contributed by atoms with Crippen LogP contribution < -0.4 is 5.01 Å². The van der Waals surface area contributed by atoms with Crippen molar-refractivity contribution in [2.24, 2.45) is 0 Å². The first kappa shape index (κ1) is 9.39. The van der Waals surface area contributed by atoms with Gasteiger partial charge >= 0.3 is 0 Å². The zero-order valence-corrected chi connectivity index (χ0v) is 8.17. The molecule has 76 valence electrons. The minimum atomic E-state index is -0.429. The molecule has 0 atom stereocenters. The summed E-state index contributed by atoms with van der Waals surface area (Å²) in [4.78, 5) is 27.1. The van der Waals surface area contributed by atoms with Gasteiger partial charge in [0, 0.05) is 13.2 Å². The summed E-state index contributed by atoms with van der Waals surface area (Å²) in [7, 11) is 1.51. The van der Waals surface area contributed by atoms with E-state index < -0.39 is 11.8 Å². The average Bonchev–Trinajstić information content (AvgIpc) is 2.45. The quantitative estimate of drug-likeness (QED) is 0.489. The molecule has 0 aromatic carbocycles. The maximum atomic E-state index is 11.7. The van der Waals surface area contributed by atoms with Crippen molar-refractivity contribution in [3.05, 3.63) is 36.5 Å². The SMILES string of the molecule is C=C1C(=O)N(C)N(c2ccccn2)C1=O. The molecule has 1 aliphatic heterocycles. The van der Waals surface area contributed by atoms with E-state index in [1.807, 2.05) is 0 Å². The normalized spacial score (nSPS) is 16.5. The molecule has 0 aliphatic carbocycles. The van der Waals surface area contributed by atoms with Crippen molar-refractivity contribution < 1.29 is 9.59 Å². The van der Waals surface area contributed by atoms with Gasteiger partial charge in [-0.1, -0.05) is 12.6 Å². The van der Waals surface area contributed by atoms with Crippen LogP contribution in [0, 0.1) is 0 Å². The fourth-order valence-electron chi connectivity index (χ4n) is 1.38. The average molecular weight is 203 g/mol. The highest BCUT2D eigenvalue weighted by molar-refractivity contribution is 6.28. The minimum absolute atomic E-state index is 0.0387. The molecule has 0 radical (unpaired) electrons. The van der Waals surface area contributed by atoms with Crippen molar-refractivity contribution in [1.82, 2.24) is 9.99 Å². The summed E-state index contributed by atoms with van der Waals surface area (Å²) in [5, 5.41) is 2.40. The number of carbonyl (C=O) groups is 2. The van der Waals surface area contributed by atoms with Crippen molar-refractivity contribution in [3.63, 3.8) is 0 Å². The predicted molar refractivity (Wildman–Crippen MR) is 53.6 cm³/mol. The zero-order valence-electron chi connectivity index (χ0n) is 8.17. The van der Waals surface area contributed by atoms with Gasteiger partial charge in [0.2, 0.25) is 0 Å². The van der Waals surface area contributed by atoms with Crippen LogP contribution >= 0.6 is 0 Å². The van der Waals surface area contributed by atoms with Crippen LogP contribution in [0.2, 0.25) is 0 Å². The Morgan fingerprint density at radius 1 is 1.27 bits per heavy atom. The molecular weight excluding hydrogens is 194 g/mol. The van der Waals surface area contributed by atoms with Gasteiger partial charge in [0.05, 0.1) is 0 Å². The number of nitrogens with zero attached hydrogens (tertiary/aromatic N) is 3. The Morgan fingerprint density at radius 3 is 2.47 bits per heavy atom. The monoisotopic (exact) mass is 203 g/mol. The summed E-state index contributed by atoms with van der Waals surface area (Å²) >= 11 is 0. The second-order valence-electron chi connectivity index (χ2n) is 3.11. The van der Waals surface area contributed by atoms with E-state index in [0.717, 1.165) is 0 Å². The fraction of sp³-hybridized carbons (Fsp3) is 0.100. The van der Waals surface area contributed by atoms with E-state index in [-0.39, 0.29) is 5.57 Å². The lowest BCUT2D eigenvalue weighted by Gasteiger charge is -2.21. The van der Waals surface area contributed by atoms with E-state index in [0.29, 0.717) is 5.82 Å². The molecular formula is C10H9N3O2. The summed E-state index contributed by atoms with van der Waals surface area (Å²) in [6.45, 7) is 3.43. The number of hydrogen-bond acceptors (Lipinski definition) is 3. The third-order valence-corrected chi connectivity index (χ3v) is 2.17. The lowest BCUT2D eigenvalue weighted by Crippen LogP contribution is -2.38. The lowest BCUT2D eigenvalue weighted by molar-refractivity contribution is -0.124. The minimum Gasteiger partial charge on any atom is -0.267 e. The van der Waals surface area contributed by atoms with Gasteiger partial charge in [0.1, 0.15) is 5.57 Å². The maximum absolute atomic E-state index is 11.7. The van der Waals surface area contributed by atoms with E-state index in [4.69, 9.17) is 0 Å². The van der Waals surface area contributed by atoms with Gasteiger partial charge in [-0.2, -0.15) is 5.01 Å². The van der Waals surface area contributed by atoms with Crippen LogP contribution in [-0.4, -0.2) is 28.9 Å². The number of pyridine rings is 1. The van der Waals surface area contributed by atoms with Gasteiger partial charge in [-0.3, -0.25) is 9.59 Å². The van der Waals surface area contributed by atoms with Crippen LogP contribution in [0.3, 0.4) is 0 Å². The molecule has 2 rings (SSSR count). The Kier molecular flexibility index (Phi) is 2.00. The second-order valence-corrected chi connectivity index (χ2v) is 3.11. The molecule has 1 saturated heterocycles. The zero-order chi connectivity index (χ0) is 11.0. The van der Waals surface area contributed by atoms with Gasteiger partial charge in [-0.25, -0.2) is 9.99 Å². The molecule has 0 unspecified atom stereocenters. The van der Waals surface area contributed by atoms with Crippen molar-refractivity contribution in [2.75, 3.05) is 12.1 Å². The van der Waals surface area contributed by atoms with Crippen molar-refractivity contribution >= 4 is 17.6 Å². The molecule has 0 N–H and O–H groups in total. The van der Waals surface area contributed by atoms with E-state index in [2.05, 4.69) is 11.6 Å². The fourth-order valence-corrected chi connectivity index (χ4v) is 1.38. The largest absolute Gasteiger partial charge is 0.283 e. The second kappa shape index (κ2) is 3.20. The van der Waals surface area contributed by atoms with Crippen LogP contribution in [0.5, 0.6) is 0 Å². The van der Waals surface area contributed by atoms with Crippen LogP contribution in [0.15, 0.2) is 36.5 Å². The Hall–Kier alpha value is -2.17. The number of anilines is 1. The molecule has 5 nitrogen and oxygen atoms in total. The Bertz CT molecular complexity index is 441. The molecule has 2 heterocycles. The van der Waals surface area contributed by atoms with Crippen LogP contribution in [0.1, 0.15) is 0 Å². The first-order valence-electron chi connectivity index (χ1n) is 4.35. The van der Waals surface area contributed by atoms with Crippen LogP contribution in [0.4, 0.5) is 5.82 Å². The first-order chi connectivity index (χ1) is 7.13. The van der Waals surface area contributed by atoms with E-state index in [9.17, 15) is 9.59 Å². The van der Waals surface area contributed by atoms with Crippen LogP contribution in [-0.2, 0) is 9.59 Å². The number of hydrazine groups is 1. The van der Waals surface area contributed by atoms with Gasteiger partial charge < -0.3 is 0 Å². The highest BCUT2D eigenvalue weighted by atomic mass is 16.2. The molecule has 0 spiro atoms. The third kappa shape index (κ3) is 1.28. The standard InChI is InChI=1S/C10H9N3O2/c1-7-9(14)12(2)13(10(7)15)8-5-3-4-6-11-8/h3-6H,1H2,2H3. The van der Waals surface area contributed by atoms with Crippen molar-refractivity contribution in [3.8, 4) is 0 Å². The summed E-state index contributed by atoms with van der Waals surface area (Å²) in [5.74, 6) is -0.413. The number of hydrogen-bond donors (Lipinski definition) is 0. The van der Waals surface area contributed by atoms with Crippen molar-refractivity contribution in [1.29, 1.82) is 0 Å². The van der Waals surface area contributed by atoms with Gasteiger partial charge in [0.25, 0.3) is 11.8 Å². The third-order valence-electron chi connectivity index (χ3n) is 2.17. The number of aromatic nitrogens is 1. The van der Waals surface area contributed by atoms with Gasteiger partial charge in [-0.05, 0) is 12.1 Å². The van der Waals surface area contributed by atoms with E-state index >= 15 is 0 Å². The topological polar surface area (TPSA) is 53.5 Å². The molecule has 1 aliphatic rings. The summed E-state index contributed by atoms with van der Waals surface area (Å²) in [5.41, 5.74) is -0.0387. The summed E-state index contributed by atoms with van der Waals surface area (Å²) in [6.07, 6.45) is 1.56. The van der Waals surface area contributed by atoms with Gasteiger partial charge in [-0.15, -0.1) is 0 Å². The Labute approximate surface area is 86.6 Å². The van der Waals surface area contributed by atoms with Crippen LogP contribution in [0.25, 0.3) is 0 Å². The van der Waals surface area contributed by atoms with Gasteiger partial charge in [0.15, 0.2) is 5.82 Å². The summed E-state index contributed by atoms with van der Waals surface area (Å²) in [6, 6.07) is 5.13.